The SMILES string of the molecule is O=C(Cc1ccc(Br)cc1)Nc1cccc(C(=O)O)n1. The van der Waals surface area contributed by atoms with Crippen molar-refractivity contribution in [1.29, 1.82) is 0 Å². The Morgan fingerprint density at radius 2 is 1.85 bits per heavy atom. The van der Waals surface area contributed by atoms with Crippen LogP contribution in [0.3, 0.4) is 0 Å². The van der Waals surface area contributed by atoms with Crippen LogP contribution in [0.1, 0.15) is 16.1 Å². The maximum Gasteiger partial charge on any atom is 0.354 e. The number of carboxylic acid groups (broad SMARTS) is 1. The first kappa shape index (κ1) is 14.2. The zero-order chi connectivity index (χ0) is 14.5. The number of amides is 1. The lowest BCUT2D eigenvalue weighted by atomic mass is 10.1. The molecule has 5 nitrogen and oxygen atoms in total. The molecule has 1 aromatic heterocycles. The predicted molar refractivity (Wildman–Crippen MR) is 77.7 cm³/mol. The van der Waals surface area contributed by atoms with Gasteiger partial charge >= 0.3 is 5.97 Å². The van der Waals surface area contributed by atoms with Gasteiger partial charge in [0.25, 0.3) is 0 Å². The van der Waals surface area contributed by atoms with Gasteiger partial charge in [0.15, 0.2) is 5.69 Å². The van der Waals surface area contributed by atoms with Gasteiger partial charge in [-0.05, 0) is 29.8 Å². The molecule has 2 N–H and O–H groups in total. The number of hydrogen-bond donors (Lipinski definition) is 2. The number of halogens is 1. The van der Waals surface area contributed by atoms with Crippen LogP contribution in [0, 0.1) is 0 Å². The number of rotatable bonds is 4. The van der Waals surface area contributed by atoms with E-state index in [9.17, 15) is 9.59 Å². The van der Waals surface area contributed by atoms with E-state index in [0.29, 0.717) is 0 Å². The number of pyridine rings is 1. The number of anilines is 1. The van der Waals surface area contributed by atoms with Crippen LogP contribution >= 0.6 is 15.9 Å². The lowest BCUT2D eigenvalue weighted by Crippen LogP contribution is -2.16. The summed E-state index contributed by atoms with van der Waals surface area (Å²) >= 11 is 3.32. The molecule has 2 aromatic rings. The van der Waals surface area contributed by atoms with Crippen molar-refractivity contribution in [1.82, 2.24) is 4.98 Å². The highest BCUT2D eigenvalue weighted by molar-refractivity contribution is 9.10. The van der Waals surface area contributed by atoms with Crippen LogP contribution in [0.2, 0.25) is 0 Å². The number of nitrogens with one attached hydrogen (secondary N) is 1. The van der Waals surface area contributed by atoms with E-state index in [4.69, 9.17) is 5.11 Å². The number of carbonyl (C=O) groups excluding carboxylic acids is 1. The van der Waals surface area contributed by atoms with Crippen molar-refractivity contribution < 1.29 is 14.7 Å². The molecule has 0 saturated heterocycles. The Balaban J connectivity index is 2.02. The lowest BCUT2D eigenvalue weighted by Gasteiger charge is -2.05. The summed E-state index contributed by atoms with van der Waals surface area (Å²) in [6.07, 6.45) is 0.201. The Morgan fingerprint density at radius 3 is 2.50 bits per heavy atom. The minimum absolute atomic E-state index is 0.105. The summed E-state index contributed by atoms with van der Waals surface area (Å²) in [5.41, 5.74) is 0.756. The van der Waals surface area contributed by atoms with Gasteiger partial charge in [-0.1, -0.05) is 34.1 Å². The molecule has 0 fully saturated rings. The normalized spacial score (nSPS) is 10.1. The number of aromatic nitrogens is 1. The Labute approximate surface area is 123 Å². The molecule has 0 saturated carbocycles. The highest BCUT2D eigenvalue weighted by atomic mass is 79.9. The van der Waals surface area contributed by atoms with Gasteiger partial charge in [0.1, 0.15) is 5.82 Å². The van der Waals surface area contributed by atoms with Gasteiger partial charge < -0.3 is 10.4 Å². The quantitative estimate of drug-likeness (QED) is 0.900. The average molecular weight is 335 g/mol. The summed E-state index contributed by atoms with van der Waals surface area (Å²) in [5.74, 6) is -1.15. The molecule has 102 valence electrons. The van der Waals surface area contributed by atoms with Crippen LogP contribution in [0.4, 0.5) is 5.82 Å². The summed E-state index contributed by atoms with van der Waals surface area (Å²) in [4.78, 5) is 26.4. The molecule has 0 aliphatic carbocycles. The monoisotopic (exact) mass is 334 g/mol. The highest BCUT2D eigenvalue weighted by Gasteiger charge is 2.08. The van der Waals surface area contributed by atoms with Gasteiger partial charge in [0.2, 0.25) is 5.91 Å². The van der Waals surface area contributed by atoms with E-state index in [1.165, 1.54) is 12.1 Å². The number of nitrogens with zero attached hydrogens (tertiary/aromatic N) is 1. The first-order valence-electron chi connectivity index (χ1n) is 5.79. The Bertz CT molecular complexity index is 641. The van der Waals surface area contributed by atoms with Crippen LogP contribution < -0.4 is 5.32 Å². The summed E-state index contributed by atoms with van der Waals surface area (Å²) in [6, 6.07) is 11.8. The summed E-state index contributed by atoms with van der Waals surface area (Å²) in [7, 11) is 0. The molecular weight excluding hydrogens is 324 g/mol. The van der Waals surface area contributed by atoms with Crippen molar-refractivity contribution in [2.45, 2.75) is 6.42 Å². The zero-order valence-electron chi connectivity index (χ0n) is 10.3. The first-order valence-corrected chi connectivity index (χ1v) is 6.58. The third kappa shape index (κ3) is 3.89. The van der Waals surface area contributed by atoms with Gasteiger partial charge in [-0.15, -0.1) is 0 Å². The predicted octanol–water partition coefficient (Wildman–Crippen LogP) is 2.72. The molecule has 0 unspecified atom stereocenters. The molecule has 0 aliphatic heterocycles. The number of carboxylic acids is 1. The molecule has 0 spiro atoms. The third-order valence-electron chi connectivity index (χ3n) is 2.51. The fourth-order valence-electron chi connectivity index (χ4n) is 1.60. The lowest BCUT2D eigenvalue weighted by molar-refractivity contribution is -0.115. The van der Waals surface area contributed by atoms with E-state index in [2.05, 4.69) is 26.2 Å². The standard InChI is InChI=1S/C14H11BrN2O3/c15-10-6-4-9(5-7-10)8-13(18)17-12-3-1-2-11(16-12)14(19)20/h1-7H,8H2,(H,19,20)(H,16,17,18). The van der Waals surface area contributed by atoms with Crippen molar-refractivity contribution in [3.8, 4) is 0 Å². The molecule has 0 atom stereocenters. The van der Waals surface area contributed by atoms with E-state index in [1.807, 2.05) is 24.3 Å². The molecule has 6 heteroatoms. The van der Waals surface area contributed by atoms with Gasteiger partial charge in [-0.2, -0.15) is 0 Å². The van der Waals surface area contributed by atoms with Crippen LogP contribution in [-0.4, -0.2) is 22.0 Å². The second-order valence-electron chi connectivity index (χ2n) is 4.06. The van der Waals surface area contributed by atoms with Crippen LogP contribution in [-0.2, 0) is 11.2 Å². The van der Waals surface area contributed by atoms with Crippen LogP contribution in [0.25, 0.3) is 0 Å². The van der Waals surface area contributed by atoms with Crippen molar-refractivity contribution >= 4 is 33.6 Å². The van der Waals surface area contributed by atoms with E-state index < -0.39 is 5.97 Å². The van der Waals surface area contributed by atoms with Crippen molar-refractivity contribution in [3.05, 3.63) is 58.2 Å². The Hall–Kier alpha value is -2.21. The van der Waals surface area contributed by atoms with E-state index in [-0.39, 0.29) is 23.8 Å². The summed E-state index contributed by atoms with van der Waals surface area (Å²) < 4.78 is 0.942. The zero-order valence-corrected chi connectivity index (χ0v) is 11.9. The van der Waals surface area contributed by atoms with E-state index in [1.54, 1.807) is 6.07 Å². The molecule has 1 amide bonds. The van der Waals surface area contributed by atoms with Crippen LogP contribution in [0.15, 0.2) is 46.9 Å². The molecule has 2 rings (SSSR count). The largest absolute Gasteiger partial charge is 0.477 e. The minimum atomic E-state index is -1.13. The molecule has 0 bridgehead atoms. The minimum Gasteiger partial charge on any atom is -0.477 e. The topological polar surface area (TPSA) is 79.3 Å². The van der Waals surface area contributed by atoms with Crippen molar-refractivity contribution in [2.24, 2.45) is 0 Å². The van der Waals surface area contributed by atoms with E-state index in [0.717, 1.165) is 10.0 Å². The fraction of sp³-hybridized carbons (Fsp3) is 0.0714. The molecule has 0 aliphatic rings. The molecular formula is C14H11BrN2O3. The smallest absolute Gasteiger partial charge is 0.354 e. The molecule has 1 heterocycles. The van der Waals surface area contributed by atoms with Crippen LogP contribution in [0.5, 0.6) is 0 Å². The Kier molecular flexibility index (Phi) is 4.47. The van der Waals surface area contributed by atoms with Crippen molar-refractivity contribution in [2.75, 3.05) is 5.32 Å². The maximum atomic E-state index is 11.8. The fourth-order valence-corrected chi connectivity index (χ4v) is 1.86. The first-order chi connectivity index (χ1) is 9.54. The molecule has 20 heavy (non-hydrogen) atoms. The summed E-state index contributed by atoms with van der Waals surface area (Å²) in [6.45, 7) is 0. The molecule has 0 radical (unpaired) electrons. The van der Waals surface area contributed by atoms with Gasteiger partial charge in [-0.25, -0.2) is 9.78 Å². The number of carbonyl (C=O) groups is 2. The average Bonchev–Trinajstić information content (AvgIpc) is 2.41. The van der Waals surface area contributed by atoms with Crippen molar-refractivity contribution in [3.63, 3.8) is 0 Å². The van der Waals surface area contributed by atoms with Gasteiger partial charge in [0, 0.05) is 4.47 Å². The second kappa shape index (κ2) is 6.29. The van der Waals surface area contributed by atoms with E-state index >= 15 is 0 Å². The highest BCUT2D eigenvalue weighted by Crippen LogP contribution is 2.12. The van der Waals surface area contributed by atoms with Gasteiger partial charge in [-0.3, -0.25) is 4.79 Å². The number of aromatic carboxylic acids is 1. The Morgan fingerprint density at radius 1 is 1.15 bits per heavy atom. The number of hydrogen-bond acceptors (Lipinski definition) is 3. The van der Waals surface area contributed by atoms with Gasteiger partial charge in [0.05, 0.1) is 6.42 Å². The third-order valence-corrected chi connectivity index (χ3v) is 3.04. The summed E-state index contributed by atoms with van der Waals surface area (Å²) in [5, 5.41) is 11.4. The number of benzene rings is 1. The molecule has 1 aromatic carbocycles. The second-order valence-corrected chi connectivity index (χ2v) is 4.98. The maximum absolute atomic E-state index is 11.8.